The number of benzene rings is 1. The lowest BCUT2D eigenvalue weighted by atomic mass is 10.2. The van der Waals surface area contributed by atoms with Gasteiger partial charge in [-0.1, -0.05) is 18.2 Å². The van der Waals surface area contributed by atoms with Gasteiger partial charge >= 0.3 is 0 Å². The standard InChI is InChI=1S/C14H12BrN3O3S/c15-11-7-6-10(22-11)14(21)18-17-12(19)8-16-13(20)9-4-2-1-3-5-9/h1-7H,8H2,(H,16,20)(H,17,19)(H,18,21). The van der Waals surface area contributed by atoms with Crippen molar-refractivity contribution in [3.63, 3.8) is 0 Å². The molecule has 3 N–H and O–H groups in total. The van der Waals surface area contributed by atoms with E-state index in [0.717, 1.165) is 3.79 Å². The molecule has 0 fully saturated rings. The van der Waals surface area contributed by atoms with Crippen molar-refractivity contribution in [2.75, 3.05) is 6.54 Å². The minimum absolute atomic E-state index is 0.234. The van der Waals surface area contributed by atoms with Crippen LogP contribution in [-0.2, 0) is 4.79 Å². The van der Waals surface area contributed by atoms with E-state index in [1.54, 1.807) is 42.5 Å². The number of carbonyl (C=O) groups is 3. The first-order chi connectivity index (χ1) is 10.6. The molecule has 22 heavy (non-hydrogen) atoms. The molecule has 114 valence electrons. The van der Waals surface area contributed by atoms with Gasteiger partial charge in [0.1, 0.15) is 0 Å². The van der Waals surface area contributed by atoms with Crippen molar-refractivity contribution >= 4 is 45.0 Å². The van der Waals surface area contributed by atoms with Crippen molar-refractivity contribution in [1.29, 1.82) is 0 Å². The van der Waals surface area contributed by atoms with Gasteiger partial charge in [0.05, 0.1) is 15.2 Å². The lowest BCUT2D eigenvalue weighted by Gasteiger charge is -2.07. The summed E-state index contributed by atoms with van der Waals surface area (Å²) in [6.45, 7) is -0.234. The molecule has 3 amide bonds. The number of nitrogens with one attached hydrogen (secondary N) is 3. The molecule has 0 radical (unpaired) electrons. The first-order valence-corrected chi connectivity index (χ1v) is 7.85. The van der Waals surface area contributed by atoms with Crippen LogP contribution in [0.1, 0.15) is 20.0 Å². The van der Waals surface area contributed by atoms with Crippen molar-refractivity contribution in [2.24, 2.45) is 0 Å². The highest BCUT2D eigenvalue weighted by molar-refractivity contribution is 9.11. The largest absolute Gasteiger partial charge is 0.343 e. The molecule has 1 heterocycles. The molecule has 2 aromatic rings. The summed E-state index contributed by atoms with van der Waals surface area (Å²) in [6, 6.07) is 11.9. The van der Waals surface area contributed by atoms with Gasteiger partial charge in [-0.05, 0) is 40.2 Å². The minimum Gasteiger partial charge on any atom is -0.343 e. The SMILES string of the molecule is O=C(CNC(=O)c1ccccc1)NNC(=O)c1ccc(Br)s1. The number of amides is 3. The fourth-order valence-electron chi connectivity index (χ4n) is 1.52. The summed E-state index contributed by atoms with van der Waals surface area (Å²) >= 11 is 4.49. The fraction of sp³-hybridized carbons (Fsp3) is 0.0714. The molecule has 6 nitrogen and oxygen atoms in total. The highest BCUT2D eigenvalue weighted by Gasteiger charge is 2.11. The van der Waals surface area contributed by atoms with Crippen LogP contribution in [0.4, 0.5) is 0 Å². The summed E-state index contributed by atoms with van der Waals surface area (Å²) in [7, 11) is 0. The first kappa shape index (κ1) is 16.2. The second-order valence-electron chi connectivity index (χ2n) is 4.15. The number of hydrazine groups is 1. The Morgan fingerprint density at radius 2 is 1.68 bits per heavy atom. The number of hydrogen-bond donors (Lipinski definition) is 3. The minimum atomic E-state index is -0.520. The molecule has 0 saturated heterocycles. The summed E-state index contributed by atoms with van der Waals surface area (Å²) < 4.78 is 0.819. The third kappa shape index (κ3) is 4.68. The molecule has 0 atom stereocenters. The molecular formula is C14H12BrN3O3S. The van der Waals surface area contributed by atoms with Gasteiger partial charge in [0.2, 0.25) is 0 Å². The molecule has 1 aromatic carbocycles. The van der Waals surface area contributed by atoms with Crippen LogP contribution in [0.15, 0.2) is 46.3 Å². The van der Waals surface area contributed by atoms with Crippen LogP contribution in [0.3, 0.4) is 0 Å². The predicted molar refractivity (Wildman–Crippen MR) is 86.4 cm³/mol. The number of thiophene rings is 1. The van der Waals surface area contributed by atoms with Gasteiger partial charge in [-0.2, -0.15) is 0 Å². The van der Waals surface area contributed by atoms with Gasteiger partial charge in [-0.25, -0.2) is 0 Å². The Bertz CT molecular complexity index is 688. The van der Waals surface area contributed by atoms with Crippen molar-refractivity contribution < 1.29 is 14.4 Å². The molecule has 8 heteroatoms. The van der Waals surface area contributed by atoms with Crippen molar-refractivity contribution in [3.8, 4) is 0 Å². The number of hydrogen-bond acceptors (Lipinski definition) is 4. The van der Waals surface area contributed by atoms with Crippen LogP contribution in [0.2, 0.25) is 0 Å². The summed E-state index contributed by atoms with van der Waals surface area (Å²) in [5, 5.41) is 2.46. The zero-order valence-corrected chi connectivity index (χ0v) is 13.7. The summed E-state index contributed by atoms with van der Waals surface area (Å²) in [5.41, 5.74) is 4.97. The van der Waals surface area contributed by atoms with E-state index < -0.39 is 11.8 Å². The maximum atomic E-state index is 11.7. The second kappa shape index (κ2) is 7.71. The smallest absolute Gasteiger partial charge is 0.279 e. The first-order valence-electron chi connectivity index (χ1n) is 6.24. The fourth-order valence-corrected chi connectivity index (χ4v) is 2.80. The Morgan fingerprint density at radius 3 is 2.32 bits per heavy atom. The monoisotopic (exact) mass is 381 g/mol. The van der Waals surface area contributed by atoms with Crippen LogP contribution < -0.4 is 16.2 Å². The number of carbonyl (C=O) groups excluding carboxylic acids is 3. The van der Waals surface area contributed by atoms with Gasteiger partial charge in [-0.3, -0.25) is 25.2 Å². The Morgan fingerprint density at radius 1 is 0.955 bits per heavy atom. The maximum absolute atomic E-state index is 11.7. The third-order valence-corrected chi connectivity index (χ3v) is 4.18. The Kier molecular flexibility index (Phi) is 5.68. The van der Waals surface area contributed by atoms with E-state index in [2.05, 4.69) is 32.1 Å². The quantitative estimate of drug-likeness (QED) is 0.704. The lowest BCUT2D eigenvalue weighted by Crippen LogP contribution is -2.46. The highest BCUT2D eigenvalue weighted by atomic mass is 79.9. The van der Waals surface area contributed by atoms with E-state index in [-0.39, 0.29) is 12.5 Å². The third-order valence-electron chi connectivity index (χ3n) is 2.56. The van der Waals surface area contributed by atoms with E-state index in [1.165, 1.54) is 11.3 Å². The Hall–Kier alpha value is -2.19. The zero-order chi connectivity index (χ0) is 15.9. The van der Waals surface area contributed by atoms with Crippen LogP contribution in [0, 0.1) is 0 Å². The van der Waals surface area contributed by atoms with Crippen molar-refractivity contribution in [1.82, 2.24) is 16.2 Å². The van der Waals surface area contributed by atoms with Gasteiger partial charge in [-0.15, -0.1) is 11.3 Å². The van der Waals surface area contributed by atoms with Gasteiger partial charge < -0.3 is 5.32 Å². The average molecular weight is 382 g/mol. The summed E-state index contributed by atoms with van der Waals surface area (Å²) in [6.07, 6.45) is 0. The molecule has 0 aliphatic rings. The molecule has 0 spiro atoms. The van der Waals surface area contributed by atoms with Gasteiger partial charge in [0, 0.05) is 5.56 Å². The van der Waals surface area contributed by atoms with E-state index >= 15 is 0 Å². The van der Waals surface area contributed by atoms with E-state index in [1.807, 2.05) is 0 Å². The van der Waals surface area contributed by atoms with Gasteiger partial charge in [0.15, 0.2) is 0 Å². The molecule has 0 bridgehead atoms. The van der Waals surface area contributed by atoms with Crippen LogP contribution in [0.5, 0.6) is 0 Å². The Labute approximate surface area is 139 Å². The normalized spacial score (nSPS) is 9.86. The molecule has 0 saturated carbocycles. The van der Waals surface area contributed by atoms with Crippen molar-refractivity contribution in [2.45, 2.75) is 0 Å². The number of rotatable bonds is 4. The lowest BCUT2D eigenvalue weighted by molar-refractivity contribution is -0.120. The highest BCUT2D eigenvalue weighted by Crippen LogP contribution is 2.21. The molecule has 2 rings (SSSR count). The van der Waals surface area contributed by atoms with E-state index in [0.29, 0.717) is 10.4 Å². The summed E-state index contributed by atoms with van der Waals surface area (Å²) in [5.74, 6) is -1.30. The van der Waals surface area contributed by atoms with Crippen molar-refractivity contribution in [3.05, 3.63) is 56.7 Å². The molecule has 0 unspecified atom stereocenters. The molecule has 0 aliphatic heterocycles. The number of halogens is 1. The Balaban J connectivity index is 1.74. The second-order valence-corrected chi connectivity index (χ2v) is 6.62. The van der Waals surface area contributed by atoms with E-state index in [4.69, 9.17) is 0 Å². The molecule has 0 aliphatic carbocycles. The van der Waals surface area contributed by atoms with E-state index in [9.17, 15) is 14.4 Å². The zero-order valence-electron chi connectivity index (χ0n) is 11.3. The maximum Gasteiger partial charge on any atom is 0.279 e. The topological polar surface area (TPSA) is 87.3 Å². The van der Waals surface area contributed by atoms with Crippen LogP contribution in [0.25, 0.3) is 0 Å². The molecule has 1 aromatic heterocycles. The predicted octanol–water partition coefficient (Wildman–Crippen LogP) is 1.70. The van der Waals surface area contributed by atoms with Crippen LogP contribution >= 0.6 is 27.3 Å². The van der Waals surface area contributed by atoms with Gasteiger partial charge in [0.25, 0.3) is 17.7 Å². The summed E-state index contributed by atoms with van der Waals surface area (Å²) in [4.78, 5) is 35.5. The van der Waals surface area contributed by atoms with Crippen LogP contribution in [-0.4, -0.2) is 24.3 Å². The molecular weight excluding hydrogens is 370 g/mol. The average Bonchev–Trinajstić information content (AvgIpc) is 2.97.